The summed E-state index contributed by atoms with van der Waals surface area (Å²) in [7, 11) is 1.71. The van der Waals surface area contributed by atoms with Gasteiger partial charge in [0, 0.05) is 32.9 Å². The highest BCUT2D eigenvalue weighted by Gasteiger charge is 2.22. The van der Waals surface area contributed by atoms with Crippen molar-refractivity contribution in [2.75, 3.05) is 39.9 Å². The van der Waals surface area contributed by atoms with E-state index in [-0.39, 0.29) is 12.5 Å². The third-order valence-electron chi connectivity index (χ3n) is 3.77. The van der Waals surface area contributed by atoms with Crippen LogP contribution in [0.5, 0.6) is 0 Å². The number of pyridine rings is 1. The maximum atomic E-state index is 12.0. The molecule has 1 aromatic rings. The molecule has 6 heteroatoms. The number of amides is 1. The summed E-state index contributed by atoms with van der Waals surface area (Å²) in [5, 5.41) is 12.0. The van der Waals surface area contributed by atoms with Crippen LogP contribution in [-0.2, 0) is 11.3 Å². The van der Waals surface area contributed by atoms with Crippen molar-refractivity contribution in [3.8, 4) is 0 Å². The number of rotatable bonds is 7. The van der Waals surface area contributed by atoms with Crippen molar-refractivity contribution in [2.45, 2.75) is 13.0 Å². The van der Waals surface area contributed by atoms with E-state index < -0.39 is 0 Å². The first kappa shape index (κ1) is 15.9. The van der Waals surface area contributed by atoms with Crippen LogP contribution in [0.1, 0.15) is 22.5 Å². The summed E-state index contributed by atoms with van der Waals surface area (Å²) in [5.74, 6) is 0.299. The molecule has 0 saturated carbocycles. The van der Waals surface area contributed by atoms with E-state index in [9.17, 15) is 4.79 Å². The lowest BCUT2D eigenvalue weighted by molar-refractivity contribution is 0.0941. The zero-order valence-corrected chi connectivity index (χ0v) is 12.4. The minimum atomic E-state index is -0.180. The second-order valence-corrected chi connectivity index (χ2v) is 5.37. The number of aliphatic hydroxyl groups is 1. The Balaban J connectivity index is 1.76. The molecular formula is C15H23N3O3. The second-order valence-electron chi connectivity index (χ2n) is 5.37. The lowest BCUT2D eigenvalue weighted by atomic mass is 10.1. The Morgan fingerprint density at radius 1 is 1.62 bits per heavy atom. The first-order valence-electron chi connectivity index (χ1n) is 7.28. The van der Waals surface area contributed by atoms with Crippen LogP contribution < -0.4 is 5.32 Å². The minimum absolute atomic E-state index is 0.0834. The highest BCUT2D eigenvalue weighted by atomic mass is 16.5. The standard InChI is InChI=1S/C15H23N3O3/c1-21-7-6-18-5-3-13(10-18)9-17-15(20)14-8-12(11-19)2-4-16-14/h2,4,8,13,19H,3,5-7,9-11H2,1H3,(H,17,20)/t13-/m1/s1. The summed E-state index contributed by atoms with van der Waals surface area (Å²) in [6, 6.07) is 3.32. The van der Waals surface area contributed by atoms with Gasteiger partial charge in [-0.3, -0.25) is 9.78 Å². The van der Waals surface area contributed by atoms with Gasteiger partial charge in [0.25, 0.3) is 5.91 Å². The molecule has 1 aromatic heterocycles. The van der Waals surface area contributed by atoms with Gasteiger partial charge in [0.1, 0.15) is 5.69 Å². The van der Waals surface area contributed by atoms with Gasteiger partial charge in [0.2, 0.25) is 0 Å². The fourth-order valence-electron chi connectivity index (χ4n) is 2.53. The molecule has 1 saturated heterocycles. The van der Waals surface area contributed by atoms with Crippen molar-refractivity contribution in [3.05, 3.63) is 29.6 Å². The number of hydrogen-bond donors (Lipinski definition) is 2. The first-order chi connectivity index (χ1) is 10.2. The van der Waals surface area contributed by atoms with E-state index in [0.29, 0.717) is 23.7 Å². The summed E-state index contributed by atoms with van der Waals surface area (Å²) in [4.78, 5) is 18.4. The van der Waals surface area contributed by atoms with Crippen molar-refractivity contribution in [1.82, 2.24) is 15.2 Å². The van der Waals surface area contributed by atoms with Crippen LogP contribution >= 0.6 is 0 Å². The van der Waals surface area contributed by atoms with Crippen LogP contribution in [0.25, 0.3) is 0 Å². The molecule has 0 aromatic carbocycles. The topological polar surface area (TPSA) is 74.7 Å². The number of aliphatic hydroxyl groups excluding tert-OH is 1. The van der Waals surface area contributed by atoms with E-state index >= 15 is 0 Å². The van der Waals surface area contributed by atoms with E-state index in [0.717, 1.165) is 32.7 Å². The first-order valence-corrected chi connectivity index (χ1v) is 7.28. The average molecular weight is 293 g/mol. The minimum Gasteiger partial charge on any atom is -0.392 e. The summed E-state index contributed by atoms with van der Waals surface area (Å²) in [6.45, 7) is 4.32. The molecule has 0 spiro atoms. The molecule has 0 unspecified atom stereocenters. The van der Waals surface area contributed by atoms with Crippen molar-refractivity contribution in [2.24, 2.45) is 5.92 Å². The molecule has 6 nitrogen and oxygen atoms in total. The number of carbonyl (C=O) groups is 1. The predicted octanol–water partition coefficient (Wildman–Crippen LogP) is 0.272. The second kappa shape index (κ2) is 8.07. The molecule has 1 aliphatic rings. The van der Waals surface area contributed by atoms with Gasteiger partial charge < -0.3 is 20.1 Å². The van der Waals surface area contributed by atoms with Crippen LogP contribution in [0, 0.1) is 5.92 Å². The molecule has 0 bridgehead atoms. The fraction of sp³-hybridized carbons (Fsp3) is 0.600. The normalized spacial score (nSPS) is 18.9. The Morgan fingerprint density at radius 2 is 2.48 bits per heavy atom. The molecule has 1 fully saturated rings. The number of ether oxygens (including phenoxy) is 1. The van der Waals surface area contributed by atoms with Gasteiger partial charge in [0.05, 0.1) is 13.2 Å². The van der Waals surface area contributed by atoms with Gasteiger partial charge in [0.15, 0.2) is 0 Å². The summed E-state index contributed by atoms with van der Waals surface area (Å²) >= 11 is 0. The number of methoxy groups -OCH3 is 1. The predicted molar refractivity (Wildman–Crippen MR) is 78.9 cm³/mol. The van der Waals surface area contributed by atoms with E-state index in [1.165, 1.54) is 0 Å². The maximum Gasteiger partial charge on any atom is 0.269 e. The van der Waals surface area contributed by atoms with Gasteiger partial charge >= 0.3 is 0 Å². The van der Waals surface area contributed by atoms with E-state index in [1.807, 2.05) is 0 Å². The van der Waals surface area contributed by atoms with Crippen LogP contribution in [-0.4, -0.2) is 60.8 Å². The number of aromatic nitrogens is 1. The highest BCUT2D eigenvalue weighted by molar-refractivity contribution is 5.92. The molecule has 21 heavy (non-hydrogen) atoms. The van der Waals surface area contributed by atoms with Crippen LogP contribution in [0.15, 0.2) is 18.3 Å². The Labute approximate surface area is 125 Å². The zero-order valence-electron chi connectivity index (χ0n) is 12.4. The molecule has 0 aliphatic carbocycles. The van der Waals surface area contributed by atoms with Crippen molar-refractivity contribution in [3.63, 3.8) is 0 Å². The number of hydrogen-bond acceptors (Lipinski definition) is 5. The van der Waals surface area contributed by atoms with Crippen molar-refractivity contribution >= 4 is 5.91 Å². The fourth-order valence-corrected chi connectivity index (χ4v) is 2.53. The Morgan fingerprint density at radius 3 is 3.24 bits per heavy atom. The lowest BCUT2D eigenvalue weighted by Crippen LogP contribution is -2.32. The molecule has 2 N–H and O–H groups in total. The smallest absolute Gasteiger partial charge is 0.269 e. The lowest BCUT2D eigenvalue weighted by Gasteiger charge is -2.15. The van der Waals surface area contributed by atoms with Crippen molar-refractivity contribution in [1.29, 1.82) is 0 Å². The highest BCUT2D eigenvalue weighted by Crippen LogP contribution is 2.15. The molecule has 1 atom stereocenters. The third-order valence-corrected chi connectivity index (χ3v) is 3.77. The summed E-state index contributed by atoms with van der Waals surface area (Å²) < 4.78 is 5.08. The number of nitrogens with zero attached hydrogens (tertiary/aromatic N) is 2. The van der Waals surface area contributed by atoms with Gasteiger partial charge in [-0.25, -0.2) is 0 Å². The van der Waals surface area contributed by atoms with Gasteiger partial charge in [-0.2, -0.15) is 0 Å². The quantitative estimate of drug-likeness (QED) is 0.755. The zero-order chi connectivity index (χ0) is 15.1. The van der Waals surface area contributed by atoms with Gasteiger partial charge in [-0.1, -0.05) is 0 Å². The Kier molecular flexibility index (Phi) is 6.10. The van der Waals surface area contributed by atoms with E-state index in [2.05, 4.69) is 15.2 Å². The number of nitrogens with one attached hydrogen (secondary N) is 1. The van der Waals surface area contributed by atoms with Crippen LogP contribution in [0.2, 0.25) is 0 Å². The number of likely N-dealkylation sites (tertiary alicyclic amines) is 1. The average Bonchev–Trinajstić information content (AvgIpc) is 2.98. The maximum absolute atomic E-state index is 12.0. The third kappa shape index (κ3) is 4.77. The SMILES string of the molecule is COCCN1CC[C@H](CNC(=O)c2cc(CO)ccn2)C1. The molecular weight excluding hydrogens is 270 g/mol. The van der Waals surface area contributed by atoms with Gasteiger partial charge in [-0.05, 0) is 36.6 Å². The Hall–Kier alpha value is -1.50. The molecule has 1 aliphatic heterocycles. The van der Waals surface area contributed by atoms with Crippen LogP contribution in [0.3, 0.4) is 0 Å². The summed E-state index contributed by atoms with van der Waals surface area (Å²) in [5.41, 5.74) is 1.05. The molecule has 1 amide bonds. The van der Waals surface area contributed by atoms with Crippen molar-refractivity contribution < 1.29 is 14.6 Å². The number of carbonyl (C=O) groups excluding carboxylic acids is 1. The molecule has 2 heterocycles. The molecule has 2 rings (SSSR count). The Bertz CT molecular complexity index is 467. The molecule has 0 radical (unpaired) electrons. The summed E-state index contributed by atoms with van der Waals surface area (Å²) in [6.07, 6.45) is 2.64. The van der Waals surface area contributed by atoms with E-state index in [4.69, 9.17) is 9.84 Å². The van der Waals surface area contributed by atoms with E-state index in [1.54, 1.807) is 25.4 Å². The largest absolute Gasteiger partial charge is 0.392 e. The molecule has 116 valence electrons. The monoisotopic (exact) mass is 293 g/mol. The van der Waals surface area contributed by atoms with Gasteiger partial charge in [-0.15, -0.1) is 0 Å². The van der Waals surface area contributed by atoms with Crippen LogP contribution in [0.4, 0.5) is 0 Å².